The van der Waals surface area contributed by atoms with Crippen molar-refractivity contribution in [1.29, 1.82) is 0 Å². The van der Waals surface area contributed by atoms with Crippen molar-refractivity contribution in [2.45, 2.75) is 0 Å². The lowest BCUT2D eigenvalue weighted by Gasteiger charge is -2.10. The van der Waals surface area contributed by atoms with Crippen molar-refractivity contribution in [3.8, 4) is 17.2 Å². The summed E-state index contributed by atoms with van der Waals surface area (Å²) in [5.74, 6) is -1.23. The molecule has 0 atom stereocenters. The van der Waals surface area contributed by atoms with E-state index in [0.717, 1.165) is 12.1 Å². The van der Waals surface area contributed by atoms with Gasteiger partial charge in [0.2, 0.25) is 0 Å². The van der Waals surface area contributed by atoms with Gasteiger partial charge in [0.1, 0.15) is 11.6 Å². The number of phenols is 1. The SMILES string of the molecule is NC(=O)c1cc(F)ccc1Oc1ccccc1O. The van der Waals surface area contributed by atoms with Crippen LogP contribution in [0, 0.1) is 5.82 Å². The average molecular weight is 247 g/mol. The summed E-state index contributed by atoms with van der Waals surface area (Å²) in [7, 11) is 0. The second-order valence-corrected chi connectivity index (χ2v) is 3.57. The number of primary amides is 1. The van der Waals surface area contributed by atoms with E-state index in [1.54, 1.807) is 12.1 Å². The van der Waals surface area contributed by atoms with Crippen LogP contribution in [0.5, 0.6) is 17.2 Å². The van der Waals surface area contributed by atoms with E-state index in [1.165, 1.54) is 18.2 Å². The number of carbonyl (C=O) groups is 1. The number of ether oxygens (including phenoxy) is 1. The van der Waals surface area contributed by atoms with Crippen LogP contribution in [0.15, 0.2) is 42.5 Å². The number of carbonyl (C=O) groups excluding carboxylic acids is 1. The summed E-state index contributed by atoms with van der Waals surface area (Å²) in [4.78, 5) is 11.2. The van der Waals surface area contributed by atoms with Gasteiger partial charge in [-0.3, -0.25) is 4.79 Å². The molecule has 0 radical (unpaired) electrons. The second-order valence-electron chi connectivity index (χ2n) is 3.57. The maximum atomic E-state index is 13.0. The third-order valence-electron chi connectivity index (χ3n) is 2.29. The third kappa shape index (κ3) is 2.40. The first kappa shape index (κ1) is 11.9. The van der Waals surface area contributed by atoms with Gasteiger partial charge in [0.05, 0.1) is 5.56 Å². The Kier molecular flexibility index (Phi) is 3.14. The zero-order chi connectivity index (χ0) is 13.1. The third-order valence-corrected chi connectivity index (χ3v) is 2.29. The Bertz CT molecular complexity index is 599. The van der Waals surface area contributed by atoms with Gasteiger partial charge in [0.15, 0.2) is 11.5 Å². The maximum absolute atomic E-state index is 13.0. The predicted molar refractivity (Wildman–Crippen MR) is 63.1 cm³/mol. The fraction of sp³-hybridized carbons (Fsp3) is 0. The number of para-hydroxylation sites is 2. The van der Waals surface area contributed by atoms with Gasteiger partial charge in [0.25, 0.3) is 5.91 Å². The predicted octanol–water partition coefficient (Wildman–Crippen LogP) is 2.42. The number of aromatic hydroxyl groups is 1. The van der Waals surface area contributed by atoms with Crippen molar-refractivity contribution in [3.05, 3.63) is 53.8 Å². The van der Waals surface area contributed by atoms with Gasteiger partial charge < -0.3 is 15.6 Å². The Labute approximate surface area is 102 Å². The van der Waals surface area contributed by atoms with Gasteiger partial charge in [0, 0.05) is 0 Å². The van der Waals surface area contributed by atoms with Crippen LogP contribution < -0.4 is 10.5 Å². The highest BCUT2D eigenvalue weighted by atomic mass is 19.1. The van der Waals surface area contributed by atoms with Gasteiger partial charge >= 0.3 is 0 Å². The van der Waals surface area contributed by atoms with Crippen molar-refractivity contribution < 1.29 is 19.0 Å². The molecule has 0 unspecified atom stereocenters. The van der Waals surface area contributed by atoms with Gasteiger partial charge in [-0.1, -0.05) is 12.1 Å². The van der Waals surface area contributed by atoms with Gasteiger partial charge in [-0.15, -0.1) is 0 Å². The van der Waals surface area contributed by atoms with Gasteiger partial charge in [-0.25, -0.2) is 4.39 Å². The van der Waals surface area contributed by atoms with Crippen molar-refractivity contribution in [2.24, 2.45) is 5.73 Å². The standard InChI is InChI=1S/C13H10FNO3/c14-8-5-6-11(9(7-8)13(15)17)18-12-4-2-1-3-10(12)16/h1-7,16H,(H2,15,17). The fourth-order valence-electron chi connectivity index (χ4n) is 1.45. The van der Waals surface area contributed by atoms with E-state index in [2.05, 4.69) is 0 Å². The molecule has 0 heterocycles. The van der Waals surface area contributed by atoms with E-state index in [9.17, 15) is 14.3 Å². The number of phenolic OH excluding ortho intramolecular Hbond substituents is 1. The first-order valence-electron chi connectivity index (χ1n) is 5.13. The van der Waals surface area contributed by atoms with Crippen LogP contribution in [0.1, 0.15) is 10.4 Å². The van der Waals surface area contributed by atoms with Gasteiger partial charge in [-0.05, 0) is 30.3 Å². The molecule has 1 amide bonds. The first-order chi connectivity index (χ1) is 8.58. The van der Waals surface area contributed by atoms with Gasteiger partial charge in [-0.2, -0.15) is 0 Å². The first-order valence-corrected chi connectivity index (χ1v) is 5.13. The largest absolute Gasteiger partial charge is 0.504 e. The lowest BCUT2D eigenvalue weighted by atomic mass is 10.2. The summed E-state index contributed by atoms with van der Waals surface area (Å²) >= 11 is 0. The Hall–Kier alpha value is -2.56. The van der Waals surface area contributed by atoms with Crippen LogP contribution in [0.25, 0.3) is 0 Å². The Morgan fingerprint density at radius 3 is 2.56 bits per heavy atom. The molecule has 18 heavy (non-hydrogen) atoms. The molecule has 0 aliphatic rings. The minimum Gasteiger partial charge on any atom is -0.504 e. The number of nitrogens with two attached hydrogens (primary N) is 1. The molecule has 2 aromatic rings. The summed E-state index contributed by atoms with van der Waals surface area (Å²) in [5, 5.41) is 9.54. The highest BCUT2D eigenvalue weighted by Crippen LogP contribution is 2.31. The molecular weight excluding hydrogens is 237 g/mol. The van der Waals surface area contributed by atoms with Crippen LogP contribution in [-0.4, -0.2) is 11.0 Å². The highest BCUT2D eigenvalue weighted by Gasteiger charge is 2.12. The molecular formula is C13H10FNO3. The minimum absolute atomic E-state index is 0.0850. The van der Waals surface area contributed by atoms with E-state index in [4.69, 9.17) is 10.5 Å². The number of amides is 1. The number of halogens is 1. The molecule has 0 aliphatic carbocycles. The van der Waals surface area contributed by atoms with E-state index < -0.39 is 11.7 Å². The molecule has 0 aliphatic heterocycles. The van der Waals surface area contributed by atoms with Crippen LogP contribution in [-0.2, 0) is 0 Å². The molecule has 2 rings (SSSR count). The van der Waals surface area contributed by atoms with E-state index in [1.807, 2.05) is 0 Å². The number of hydrogen-bond acceptors (Lipinski definition) is 3. The van der Waals surface area contributed by atoms with Crippen molar-refractivity contribution >= 4 is 5.91 Å². The molecule has 5 heteroatoms. The molecule has 0 spiro atoms. The zero-order valence-corrected chi connectivity index (χ0v) is 9.26. The minimum atomic E-state index is -0.806. The monoisotopic (exact) mass is 247 g/mol. The summed E-state index contributed by atoms with van der Waals surface area (Å²) in [6, 6.07) is 9.64. The summed E-state index contributed by atoms with van der Waals surface area (Å²) in [5.41, 5.74) is 5.04. The maximum Gasteiger partial charge on any atom is 0.252 e. The summed E-state index contributed by atoms with van der Waals surface area (Å²) in [6.45, 7) is 0. The molecule has 0 fully saturated rings. The molecule has 0 saturated heterocycles. The molecule has 2 aromatic carbocycles. The van der Waals surface area contributed by atoms with E-state index in [-0.39, 0.29) is 22.8 Å². The number of hydrogen-bond donors (Lipinski definition) is 2. The van der Waals surface area contributed by atoms with Crippen molar-refractivity contribution in [2.75, 3.05) is 0 Å². The Morgan fingerprint density at radius 2 is 1.89 bits per heavy atom. The number of rotatable bonds is 3. The van der Waals surface area contributed by atoms with E-state index >= 15 is 0 Å². The molecule has 3 N–H and O–H groups in total. The molecule has 0 bridgehead atoms. The smallest absolute Gasteiger partial charge is 0.252 e. The van der Waals surface area contributed by atoms with Crippen LogP contribution in [0.3, 0.4) is 0 Å². The highest BCUT2D eigenvalue weighted by molar-refractivity contribution is 5.95. The topological polar surface area (TPSA) is 72.6 Å². The van der Waals surface area contributed by atoms with Crippen LogP contribution in [0.2, 0.25) is 0 Å². The molecule has 92 valence electrons. The van der Waals surface area contributed by atoms with Crippen LogP contribution >= 0.6 is 0 Å². The Balaban J connectivity index is 2.41. The Morgan fingerprint density at radius 1 is 1.17 bits per heavy atom. The lowest BCUT2D eigenvalue weighted by molar-refractivity contribution is 0.0997. The molecule has 4 nitrogen and oxygen atoms in total. The van der Waals surface area contributed by atoms with Crippen molar-refractivity contribution in [3.63, 3.8) is 0 Å². The quantitative estimate of drug-likeness (QED) is 0.874. The molecule has 0 saturated carbocycles. The fourth-order valence-corrected chi connectivity index (χ4v) is 1.45. The molecule has 0 aromatic heterocycles. The summed E-state index contributed by atoms with van der Waals surface area (Å²) < 4.78 is 18.4. The van der Waals surface area contributed by atoms with E-state index in [0.29, 0.717) is 0 Å². The van der Waals surface area contributed by atoms with Crippen molar-refractivity contribution in [1.82, 2.24) is 0 Å². The lowest BCUT2D eigenvalue weighted by Crippen LogP contribution is -2.12. The number of benzene rings is 2. The average Bonchev–Trinajstić information content (AvgIpc) is 2.34. The summed E-state index contributed by atoms with van der Waals surface area (Å²) in [6.07, 6.45) is 0. The second kappa shape index (κ2) is 4.75. The zero-order valence-electron chi connectivity index (χ0n) is 9.26. The normalized spacial score (nSPS) is 10.1. The van der Waals surface area contributed by atoms with Crippen LogP contribution in [0.4, 0.5) is 4.39 Å².